The first-order valence-corrected chi connectivity index (χ1v) is 12.7. The molecule has 0 amide bonds. The molecule has 1 atom stereocenters. The molecule has 0 radical (unpaired) electrons. The quantitative estimate of drug-likeness (QED) is 0.360. The van der Waals surface area contributed by atoms with Crippen LogP contribution in [0.5, 0.6) is 0 Å². The second kappa shape index (κ2) is 10.1. The number of rotatable bonds is 7. The van der Waals surface area contributed by atoms with Gasteiger partial charge in [-0.25, -0.2) is 9.59 Å². The molecule has 0 saturated heterocycles. The molecule has 5 rings (SSSR count). The summed E-state index contributed by atoms with van der Waals surface area (Å²) in [5.74, 6) is 0.486. The molecule has 0 fully saturated rings. The van der Waals surface area contributed by atoms with E-state index in [1.54, 1.807) is 26.1 Å². The van der Waals surface area contributed by atoms with E-state index < -0.39 is 0 Å². The summed E-state index contributed by atoms with van der Waals surface area (Å²) in [7, 11) is 1.67. The maximum absolute atomic E-state index is 13.6. The molecule has 0 bridgehead atoms. The number of fused-ring (bicyclic) bond motifs is 3. The lowest BCUT2D eigenvalue weighted by atomic mass is 10.1. The molecule has 0 saturated carbocycles. The molecule has 9 heteroatoms. The summed E-state index contributed by atoms with van der Waals surface area (Å²) in [5.41, 5.74) is 2.65. The van der Waals surface area contributed by atoms with E-state index in [-0.39, 0.29) is 23.1 Å². The van der Waals surface area contributed by atoms with Gasteiger partial charge >= 0.3 is 11.7 Å². The Kier molecular flexibility index (Phi) is 6.69. The van der Waals surface area contributed by atoms with Crippen molar-refractivity contribution >= 4 is 28.8 Å². The molecule has 0 spiro atoms. The van der Waals surface area contributed by atoms with Gasteiger partial charge in [0, 0.05) is 32.4 Å². The lowest BCUT2D eigenvalue weighted by Gasteiger charge is -2.33. The van der Waals surface area contributed by atoms with Crippen LogP contribution in [0.4, 0.5) is 11.6 Å². The predicted octanol–water partition coefficient (Wildman–Crippen LogP) is 3.49. The minimum absolute atomic E-state index is 0.234. The van der Waals surface area contributed by atoms with E-state index in [2.05, 4.69) is 6.92 Å². The zero-order valence-electron chi connectivity index (χ0n) is 21.4. The fourth-order valence-electron chi connectivity index (χ4n) is 5.00. The van der Waals surface area contributed by atoms with Gasteiger partial charge in [-0.2, -0.15) is 4.98 Å². The highest BCUT2D eigenvalue weighted by Gasteiger charge is 2.30. The summed E-state index contributed by atoms with van der Waals surface area (Å²) >= 11 is 0. The molecule has 0 unspecified atom stereocenters. The number of esters is 1. The van der Waals surface area contributed by atoms with Crippen molar-refractivity contribution in [2.75, 3.05) is 18.1 Å². The smallest absolute Gasteiger partial charge is 0.338 e. The number of ether oxygens (including phenoxy) is 1. The van der Waals surface area contributed by atoms with E-state index in [0.29, 0.717) is 55.3 Å². The van der Waals surface area contributed by atoms with E-state index in [1.807, 2.05) is 51.9 Å². The third kappa shape index (κ3) is 4.57. The predicted molar refractivity (Wildman–Crippen MR) is 143 cm³/mol. The summed E-state index contributed by atoms with van der Waals surface area (Å²) in [4.78, 5) is 45.7. The Balaban J connectivity index is 1.52. The average molecular weight is 502 g/mol. The van der Waals surface area contributed by atoms with Crippen LogP contribution in [0.2, 0.25) is 0 Å². The number of nitrogens with zero attached hydrogens (tertiary/aromatic N) is 5. The minimum Gasteiger partial charge on any atom is -0.462 e. The standard InChI is InChI=1S/C28H31N5O4/c1-4-37-26(35)21-12-14-22(15-13-21)32-17-19(2)18-33-23-24(29-27(32)33)30(3)28(36)31(25(23)34)16-8-11-20-9-6-5-7-10-20/h5-7,9-10,12-15,19H,4,8,11,16-18H2,1-3H3/t19-/m0/s1. The maximum atomic E-state index is 13.6. The highest BCUT2D eigenvalue weighted by molar-refractivity contribution is 5.90. The number of hydrogen-bond acceptors (Lipinski definition) is 6. The van der Waals surface area contributed by atoms with Crippen molar-refractivity contribution in [3.63, 3.8) is 0 Å². The van der Waals surface area contributed by atoms with E-state index in [9.17, 15) is 14.4 Å². The van der Waals surface area contributed by atoms with Crippen LogP contribution < -0.4 is 16.1 Å². The van der Waals surface area contributed by atoms with Gasteiger partial charge in [-0.3, -0.25) is 13.9 Å². The molecule has 2 aromatic carbocycles. The largest absolute Gasteiger partial charge is 0.462 e. The van der Waals surface area contributed by atoms with E-state index in [1.165, 1.54) is 14.7 Å². The normalized spacial score (nSPS) is 15.1. The molecule has 1 aliphatic rings. The van der Waals surface area contributed by atoms with Crippen LogP contribution in [0.3, 0.4) is 0 Å². The Hall–Kier alpha value is -4.14. The Labute approximate surface area is 214 Å². The zero-order chi connectivity index (χ0) is 26.1. The number of aromatic nitrogens is 4. The number of imidazole rings is 1. The topological polar surface area (TPSA) is 91.4 Å². The van der Waals surface area contributed by atoms with Crippen LogP contribution in [0.25, 0.3) is 11.2 Å². The first-order chi connectivity index (χ1) is 17.9. The number of hydrogen-bond donors (Lipinski definition) is 0. The van der Waals surface area contributed by atoms with E-state index >= 15 is 0 Å². The summed E-state index contributed by atoms with van der Waals surface area (Å²) < 4.78 is 9.82. The van der Waals surface area contributed by atoms with Crippen molar-refractivity contribution < 1.29 is 9.53 Å². The lowest BCUT2D eigenvalue weighted by molar-refractivity contribution is 0.0526. The number of carbonyl (C=O) groups is 1. The Morgan fingerprint density at radius 1 is 1.05 bits per heavy atom. The first kappa shape index (κ1) is 24.5. The van der Waals surface area contributed by atoms with Crippen molar-refractivity contribution in [1.29, 1.82) is 0 Å². The number of anilines is 2. The molecule has 0 aliphatic carbocycles. The number of benzene rings is 2. The average Bonchev–Trinajstić information content (AvgIpc) is 3.29. The fourth-order valence-corrected chi connectivity index (χ4v) is 5.00. The van der Waals surface area contributed by atoms with Crippen molar-refractivity contribution in [2.45, 2.75) is 39.8 Å². The molecule has 0 N–H and O–H groups in total. The van der Waals surface area contributed by atoms with Gasteiger partial charge < -0.3 is 14.2 Å². The Morgan fingerprint density at radius 2 is 1.78 bits per heavy atom. The molecule has 1 aliphatic heterocycles. The molecule has 9 nitrogen and oxygen atoms in total. The molecule has 192 valence electrons. The van der Waals surface area contributed by atoms with Crippen molar-refractivity contribution in [1.82, 2.24) is 18.7 Å². The molecular formula is C28H31N5O4. The van der Waals surface area contributed by atoms with E-state index in [4.69, 9.17) is 9.72 Å². The van der Waals surface area contributed by atoms with Crippen molar-refractivity contribution in [3.05, 3.63) is 86.6 Å². The summed E-state index contributed by atoms with van der Waals surface area (Å²) in [6, 6.07) is 17.2. The second-order valence-electron chi connectivity index (χ2n) is 9.57. The van der Waals surface area contributed by atoms with Crippen LogP contribution in [-0.2, 0) is 31.3 Å². The van der Waals surface area contributed by atoms with Crippen molar-refractivity contribution in [3.8, 4) is 0 Å². The minimum atomic E-state index is -0.365. The third-order valence-electron chi connectivity index (χ3n) is 6.82. The van der Waals surface area contributed by atoms with Crippen LogP contribution in [0.1, 0.15) is 36.2 Å². The van der Waals surface area contributed by atoms with Crippen LogP contribution in [-0.4, -0.2) is 37.8 Å². The highest BCUT2D eigenvalue weighted by Crippen LogP contribution is 2.33. The number of aryl methyl sites for hydroxylation is 2. The van der Waals surface area contributed by atoms with E-state index in [0.717, 1.165) is 12.1 Å². The fraction of sp³-hybridized carbons (Fsp3) is 0.357. The monoisotopic (exact) mass is 501 g/mol. The van der Waals surface area contributed by atoms with Gasteiger partial charge in [-0.05, 0) is 55.5 Å². The van der Waals surface area contributed by atoms with Crippen LogP contribution >= 0.6 is 0 Å². The zero-order valence-corrected chi connectivity index (χ0v) is 21.4. The second-order valence-corrected chi connectivity index (χ2v) is 9.57. The summed E-state index contributed by atoms with van der Waals surface area (Å²) in [5, 5.41) is 0. The molecular weight excluding hydrogens is 470 g/mol. The highest BCUT2D eigenvalue weighted by atomic mass is 16.5. The van der Waals surface area contributed by atoms with Crippen molar-refractivity contribution in [2.24, 2.45) is 13.0 Å². The number of carbonyl (C=O) groups excluding carboxylic acids is 1. The Bertz CT molecular complexity index is 1550. The van der Waals surface area contributed by atoms with Gasteiger partial charge in [0.25, 0.3) is 5.56 Å². The summed E-state index contributed by atoms with van der Waals surface area (Å²) in [6.07, 6.45) is 1.46. The summed E-state index contributed by atoms with van der Waals surface area (Å²) in [6.45, 7) is 5.87. The van der Waals surface area contributed by atoms with Crippen LogP contribution in [0.15, 0.2) is 64.2 Å². The van der Waals surface area contributed by atoms with Gasteiger partial charge in [0.2, 0.25) is 5.95 Å². The SMILES string of the molecule is CCOC(=O)c1ccc(N2C[C@H](C)Cn3c2nc2c3c(=O)n(CCCc3ccccc3)c(=O)n2C)cc1. The molecule has 3 heterocycles. The molecule has 37 heavy (non-hydrogen) atoms. The van der Waals surface area contributed by atoms with Gasteiger partial charge in [0.05, 0.1) is 12.2 Å². The van der Waals surface area contributed by atoms with Gasteiger partial charge in [0.15, 0.2) is 11.2 Å². The Morgan fingerprint density at radius 3 is 2.49 bits per heavy atom. The van der Waals surface area contributed by atoms with Gasteiger partial charge in [0.1, 0.15) is 0 Å². The molecule has 4 aromatic rings. The molecule has 2 aromatic heterocycles. The lowest BCUT2D eigenvalue weighted by Crippen LogP contribution is -2.40. The maximum Gasteiger partial charge on any atom is 0.338 e. The third-order valence-corrected chi connectivity index (χ3v) is 6.82. The first-order valence-electron chi connectivity index (χ1n) is 12.7. The van der Waals surface area contributed by atoms with Crippen LogP contribution in [0, 0.1) is 5.92 Å². The van der Waals surface area contributed by atoms with Gasteiger partial charge in [-0.15, -0.1) is 0 Å². The van der Waals surface area contributed by atoms with Gasteiger partial charge in [-0.1, -0.05) is 37.3 Å².